The van der Waals surface area contributed by atoms with Crippen LogP contribution in [0.5, 0.6) is 0 Å². The first kappa shape index (κ1) is 18.2. The average Bonchev–Trinajstić information content (AvgIpc) is 3.20. The minimum Gasteiger partial charge on any atom is -0.336 e. The van der Waals surface area contributed by atoms with Gasteiger partial charge in [-0.2, -0.15) is 0 Å². The van der Waals surface area contributed by atoms with E-state index >= 15 is 0 Å². The van der Waals surface area contributed by atoms with Gasteiger partial charge in [0.1, 0.15) is 5.82 Å². The van der Waals surface area contributed by atoms with Crippen LogP contribution in [0.1, 0.15) is 30.9 Å². The van der Waals surface area contributed by atoms with E-state index in [9.17, 15) is 18.8 Å². The highest BCUT2D eigenvalue weighted by molar-refractivity contribution is 5.80. The zero-order valence-corrected chi connectivity index (χ0v) is 15.2. The minimum absolute atomic E-state index is 0.0829. The van der Waals surface area contributed by atoms with Gasteiger partial charge in [0.15, 0.2) is 0 Å². The van der Waals surface area contributed by atoms with Crippen molar-refractivity contribution in [3.8, 4) is 0 Å². The lowest BCUT2D eigenvalue weighted by Crippen LogP contribution is -2.34. The number of nitrogens with zero attached hydrogens (tertiary/aromatic N) is 2. The first-order valence-corrected chi connectivity index (χ1v) is 9.31. The number of carbonyl (C=O) groups is 1. The summed E-state index contributed by atoms with van der Waals surface area (Å²) in [7, 11) is 0. The SMILES string of the molecule is O=C(CCn1[nH]c(=O)c2ccccc2c1=O)N1CCCC1c1ccc(F)cc1. The van der Waals surface area contributed by atoms with E-state index in [0.717, 1.165) is 18.4 Å². The van der Waals surface area contributed by atoms with E-state index in [1.165, 1.54) is 16.8 Å². The number of aryl methyl sites for hydroxylation is 1. The molecule has 3 aromatic rings. The number of rotatable bonds is 4. The zero-order valence-electron chi connectivity index (χ0n) is 15.2. The van der Waals surface area contributed by atoms with E-state index in [1.54, 1.807) is 41.3 Å². The van der Waals surface area contributed by atoms with E-state index in [-0.39, 0.29) is 41.9 Å². The fourth-order valence-corrected chi connectivity index (χ4v) is 3.85. The summed E-state index contributed by atoms with van der Waals surface area (Å²) >= 11 is 0. The summed E-state index contributed by atoms with van der Waals surface area (Å²) in [6.07, 6.45) is 1.80. The number of fused-ring (bicyclic) bond motifs is 1. The molecule has 0 spiro atoms. The number of aromatic nitrogens is 2. The van der Waals surface area contributed by atoms with Gasteiger partial charge in [-0.25, -0.2) is 9.07 Å². The van der Waals surface area contributed by atoms with Gasteiger partial charge in [-0.05, 0) is 42.7 Å². The summed E-state index contributed by atoms with van der Waals surface area (Å²) in [6.45, 7) is 0.731. The average molecular weight is 381 g/mol. The summed E-state index contributed by atoms with van der Waals surface area (Å²) in [4.78, 5) is 39.3. The van der Waals surface area contributed by atoms with Crippen LogP contribution in [0.25, 0.3) is 10.8 Å². The number of nitrogens with one attached hydrogen (secondary N) is 1. The standard InChI is InChI=1S/C21H20FN3O3/c22-15-9-7-14(8-10-15)18-6-3-12-24(18)19(26)11-13-25-21(28)17-5-2-1-4-16(17)20(27)23-25/h1-2,4-5,7-10,18H,3,6,11-13H2,(H,23,27). The Kier molecular flexibility index (Phi) is 4.81. The Morgan fingerprint density at radius 1 is 1.07 bits per heavy atom. The van der Waals surface area contributed by atoms with E-state index in [1.807, 2.05) is 0 Å². The fraction of sp³-hybridized carbons (Fsp3) is 0.286. The van der Waals surface area contributed by atoms with Gasteiger partial charge in [0, 0.05) is 13.0 Å². The van der Waals surface area contributed by atoms with Gasteiger partial charge in [-0.3, -0.25) is 19.5 Å². The van der Waals surface area contributed by atoms with Crippen LogP contribution in [0.2, 0.25) is 0 Å². The van der Waals surface area contributed by atoms with Crippen LogP contribution in [0.4, 0.5) is 4.39 Å². The maximum absolute atomic E-state index is 13.2. The Hall–Kier alpha value is -3.22. The number of H-pyrrole nitrogens is 1. The molecule has 1 aliphatic rings. The molecule has 1 fully saturated rings. The molecule has 7 heteroatoms. The number of likely N-dealkylation sites (tertiary alicyclic amines) is 1. The molecule has 28 heavy (non-hydrogen) atoms. The van der Waals surface area contributed by atoms with Crippen molar-refractivity contribution in [2.24, 2.45) is 0 Å². The highest BCUT2D eigenvalue weighted by atomic mass is 19.1. The Bertz CT molecular complexity index is 1130. The lowest BCUT2D eigenvalue weighted by molar-refractivity contribution is -0.132. The second-order valence-corrected chi connectivity index (χ2v) is 6.99. The van der Waals surface area contributed by atoms with Crippen LogP contribution < -0.4 is 11.1 Å². The molecule has 2 aromatic carbocycles. The Morgan fingerprint density at radius 2 is 1.79 bits per heavy atom. The molecule has 2 heterocycles. The van der Waals surface area contributed by atoms with Crippen LogP contribution in [-0.2, 0) is 11.3 Å². The molecule has 6 nitrogen and oxygen atoms in total. The number of hydrogen-bond acceptors (Lipinski definition) is 3. The second-order valence-electron chi connectivity index (χ2n) is 6.99. The maximum Gasteiger partial charge on any atom is 0.273 e. The van der Waals surface area contributed by atoms with Crippen LogP contribution in [0.15, 0.2) is 58.1 Å². The summed E-state index contributed by atoms with van der Waals surface area (Å²) in [5, 5.41) is 3.23. The van der Waals surface area contributed by atoms with Crippen molar-refractivity contribution in [3.05, 3.63) is 80.6 Å². The van der Waals surface area contributed by atoms with Gasteiger partial charge in [0.05, 0.1) is 23.4 Å². The third-order valence-corrected chi connectivity index (χ3v) is 5.26. The quantitative estimate of drug-likeness (QED) is 0.755. The van der Waals surface area contributed by atoms with Crippen LogP contribution in [0, 0.1) is 5.82 Å². The smallest absolute Gasteiger partial charge is 0.273 e. The molecule has 1 saturated heterocycles. The maximum atomic E-state index is 13.2. The van der Waals surface area contributed by atoms with E-state index in [0.29, 0.717) is 17.3 Å². The Morgan fingerprint density at radius 3 is 2.54 bits per heavy atom. The van der Waals surface area contributed by atoms with Crippen molar-refractivity contribution in [1.82, 2.24) is 14.7 Å². The predicted molar refractivity (Wildman–Crippen MR) is 104 cm³/mol. The van der Waals surface area contributed by atoms with Crippen molar-refractivity contribution in [2.45, 2.75) is 31.8 Å². The Balaban J connectivity index is 1.52. The molecular formula is C21H20FN3O3. The molecule has 1 N–H and O–H groups in total. The van der Waals surface area contributed by atoms with Crippen molar-refractivity contribution < 1.29 is 9.18 Å². The topological polar surface area (TPSA) is 75.2 Å². The second kappa shape index (κ2) is 7.42. The molecule has 1 aromatic heterocycles. The minimum atomic E-state index is -0.354. The largest absolute Gasteiger partial charge is 0.336 e. The third-order valence-electron chi connectivity index (χ3n) is 5.26. The molecule has 4 rings (SSSR count). The summed E-state index contributed by atoms with van der Waals surface area (Å²) < 4.78 is 14.4. The number of hydrogen-bond donors (Lipinski definition) is 1. The Labute approximate surface area is 160 Å². The van der Waals surface area contributed by atoms with Crippen molar-refractivity contribution >= 4 is 16.7 Å². The highest BCUT2D eigenvalue weighted by Crippen LogP contribution is 2.32. The number of benzene rings is 2. The van der Waals surface area contributed by atoms with Crippen molar-refractivity contribution in [3.63, 3.8) is 0 Å². The molecule has 1 aliphatic heterocycles. The zero-order chi connectivity index (χ0) is 19.7. The molecule has 1 atom stereocenters. The fourth-order valence-electron chi connectivity index (χ4n) is 3.85. The van der Waals surface area contributed by atoms with Gasteiger partial charge in [0.25, 0.3) is 11.1 Å². The molecule has 0 aliphatic carbocycles. The lowest BCUT2D eigenvalue weighted by atomic mass is 10.0. The normalized spacial score (nSPS) is 16.6. The van der Waals surface area contributed by atoms with E-state index in [2.05, 4.69) is 5.10 Å². The monoisotopic (exact) mass is 381 g/mol. The first-order chi connectivity index (χ1) is 13.5. The summed E-state index contributed by atoms with van der Waals surface area (Å²) in [5.74, 6) is -0.396. The molecule has 1 amide bonds. The van der Waals surface area contributed by atoms with Gasteiger partial charge in [0.2, 0.25) is 5.91 Å². The predicted octanol–water partition coefficient (Wildman–Crippen LogP) is 2.58. The molecule has 0 radical (unpaired) electrons. The number of halogens is 1. The van der Waals surface area contributed by atoms with Crippen LogP contribution >= 0.6 is 0 Å². The van der Waals surface area contributed by atoms with Crippen molar-refractivity contribution in [2.75, 3.05) is 6.54 Å². The summed E-state index contributed by atoms with van der Waals surface area (Å²) in [5.41, 5.74) is 0.232. The van der Waals surface area contributed by atoms with Crippen molar-refractivity contribution in [1.29, 1.82) is 0 Å². The summed E-state index contributed by atoms with van der Waals surface area (Å²) in [6, 6.07) is 12.7. The van der Waals surface area contributed by atoms with Crippen LogP contribution in [0.3, 0.4) is 0 Å². The molecule has 1 unspecified atom stereocenters. The number of amides is 1. The van der Waals surface area contributed by atoms with Gasteiger partial charge >= 0.3 is 0 Å². The van der Waals surface area contributed by atoms with Gasteiger partial charge in [-0.1, -0.05) is 24.3 Å². The van der Waals surface area contributed by atoms with Gasteiger partial charge < -0.3 is 4.90 Å². The third kappa shape index (κ3) is 3.35. The first-order valence-electron chi connectivity index (χ1n) is 9.31. The van der Waals surface area contributed by atoms with E-state index < -0.39 is 0 Å². The molecule has 0 saturated carbocycles. The molecule has 144 valence electrons. The number of carbonyl (C=O) groups excluding carboxylic acids is 1. The molecular weight excluding hydrogens is 361 g/mol. The lowest BCUT2D eigenvalue weighted by Gasteiger charge is -2.25. The number of aromatic amines is 1. The highest BCUT2D eigenvalue weighted by Gasteiger charge is 2.29. The molecule has 0 bridgehead atoms. The van der Waals surface area contributed by atoms with Gasteiger partial charge in [-0.15, -0.1) is 0 Å². The van der Waals surface area contributed by atoms with Crippen LogP contribution in [-0.4, -0.2) is 27.1 Å². The van der Waals surface area contributed by atoms with E-state index in [4.69, 9.17) is 0 Å².